The topological polar surface area (TPSA) is 63.5 Å². The first-order valence-electron chi connectivity index (χ1n) is 8.53. The number of hydrogen-bond acceptors (Lipinski definition) is 4. The minimum Gasteiger partial charge on any atom is -0.322 e. The molecule has 2 atom stereocenters. The largest absolute Gasteiger partial charge is 0.322 e. The van der Waals surface area contributed by atoms with Crippen LogP contribution in [0.3, 0.4) is 0 Å². The number of quaternary nitrogens is 1. The van der Waals surface area contributed by atoms with Gasteiger partial charge < -0.3 is 10.2 Å². The summed E-state index contributed by atoms with van der Waals surface area (Å²) in [5.74, 6) is -0.186. The summed E-state index contributed by atoms with van der Waals surface area (Å²) in [6.07, 6.45) is 0. The lowest BCUT2D eigenvalue weighted by Crippen LogP contribution is -3.10. The van der Waals surface area contributed by atoms with Gasteiger partial charge in [-0.05, 0) is 38.1 Å². The molecular weight excluding hydrogens is 346 g/mol. The number of ketones is 1. The quantitative estimate of drug-likeness (QED) is 0.658. The molecule has 2 N–H and O–H groups in total. The molecular formula is C20H22N3O2S+. The molecule has 1 amide bonds. The Labute approximate surface area is 156 Å². The van der Waals surface area contributed by atoms with Gasteiger partial charge in [-0.15, -0.1) is 11.3 Å². The number of para-hydroxylation sites is 2. The minimum absolute atomic E-state index is 0.0653. The third-order valence-electron chi connectivity index (χ3n) is 4.44. The third-order valence-corrected chi connectivity index (χ3v) is 5.66. The SMILES string of the molecule is CC(=O)c1ccccc1NC(=O)C[NH+](C)[C@H](C)c1nc2ccccc2s1. The highest BCUT2D eigenvalue weighted by Gasteiger charge is 2.22. The average Bonchev–Trinajstić information content (AvgIpc) is 3.05. The van der Waals surface area contributed by atoms with Crippen molar-refractivity contribution < 1.29 is 14.5 Å². The van der Waals surface area contributed by atoms with Gasteiger partial charge in [-0.25, -0.2) is 4.98 Å². The lowest BCUT2D eigenvalue weighted by atomic mass is 10.1. The molecule has 2 aromatic carbocycles. The zero-order valence-corrected chi connectivity index (χ0v) is 15.9. The van der Waals surface area contributed by atoms with Crippen LogP contribution in [0.1, 0.15) is 35.3 Å². The van der Waals surface area contributed by atoms with E-state index >= 15 is 0 Å². The van der Waals surface area contributed by atoms with Crippen LogP contribution in [0.2, 0.25) is 0 Å². The monoisotopic (exact) mass is 368 g/mol. The van der Waals surface area contributed by atoms with Crippen molar-refractivity contribution in [2.75, 3.05) is 18.9 Å². The summed E-state index contributed by atoms with van der Waals surface area (Å²) >= 11 is 1.66. The van der Waals surface area contributed by atoms with Crippen LogP contribution in [-0.4, -0.2) is 30.3 Å². The number of thiazole rings is 1. The first-order valence-corrected chi connectivity index (χ1v) is 9.35. The van der Waals surface area contributed by atoms with E-state index in [9.17, 15) is 9.59 Å². The first-order chi connectivity index (χ1) is 12.5. The Morgan fingerprint density at radius 1 is 1.15 bits per heavy atom. The number of nitrogens with one attached hydrogen (secondary N) is 2. The van der Waals surface area contributed by atoms with Gasteiger partial charge in [0.15, 0.2) is 17.3 Å². The smallest absolute Gasteiger partial charge is 0.279 e. The number of anilines is 1. The number of carbonyl (C=O) groups excluding carboxylic acids is 2. The van der Waals surface area contributed by atoms with Gasteiger partial charge in [0, 0.05) is 5.56 Å². The molecule has 0 bridgehead atoms. The number of nitrogens with zero attached hydrogens (tertiary/aromatic N) is 1. The maximum atomic E-state index is 12.4. The molecule has 0 fully saturated rings. The fraction of sp³-hybridized carbons (Fsp3) is 0.250. The molecule has 0 aliphatic rings. The van der Waals surface area contributed by atoms with Crippen LogP contribution in [0.5, 0.6) is 0 Å². The number of aromatic nitrogens is 1. The van der Waals surface area contributed by atoms with Gasteiger partial charge in [0.25, 0.3) is 5.91 Å². The summed E-state index contributed by atoms with van der Waals surface area (Å²) in [6.45, 7) is 3.87. The number of hydrogen-bond donors (Lipinski definition) is 2. The van der Waals surface area contributed by atoms with E-state index in [1.165, 1.54) is 6.92 Å². The molecule has 6 heteroatoms. The van der Waals surface area contributed by atoms with Crippen LogP contribution in [0, 0.1) is 0 Å². The van der Waals surface area contributed by atoms with E-state index in [-0.39, 0.29) is 17.7 Å². The Hall–Kier alpha value is -2.57. The maximum Gasteiger partial charge on any atom is 0.279 e. The Morgan fingerprint density at radius 3 is 2.58 bits per heavy atom. The molecule has 134 valence electrons. The van der Waals surface area contributed by atoms with Crippen LogP contribution < -0.4 is 10.2 Å². The second-order valence-corrected chi connectivity index (χ2v) is 7.48. The van der Waals surface area contributed by atoms with Gasteiger partial charge in [0.05, 0.1) is 23.0 Å². The highest BCUT2D eigenvalue weighted by Crippen LogP contribution is 2.24. The van der Waals surface area contributed by atoms with Crippen LogP contribution >= 0.6 is 11.3 Å². The molecule has 3 aromatic rings. The van der Waals surface area contributed by atoms with Crippen molar-refractivity contribution in [1.29, 1.82) is 0 Å². The zero-order chi connectivity index (χ0) is 18.7. The fourth-order valence-electron chi connectivity index (χ4n) is 2.79. The molecule has 1 heterocycles. The lowest BCUT2D eigenvalue weighted by molar-refractivity contribution is -0.902. The number of amides is 1. The fourth-order valence-corrected chi connectivity index (χ4v) is 3.90. The number of Topliss-reactive ketones (excluding diaryl/α,β-unsaturated/α-hetero) is 1. The molecule has 0 radical (unpaired) electrons. The summed E-state index contributed by atoms with van der Waals surface area (Å²) in [5, 5.41) is 3.87. The molecule has 0 spiro atoms. The second kappa shape index (κ2) is 7.76. The number of likely N-dealkylation sites (N-methyl/N-ethyl adjacent to an activating group) is 1. The lowest BCUT2D eigenvalue weighted by Gasteiger charge is -2.19. The van der Waals surface area contributed by atoms with E-state index in [0.717, 1.165) is 20.1 Å². The molecule has 5 nitrogen and oxygen atoms in total. The highest BCUT2D eigenvalue weighted by molar-refractivity contribution is 7.18. The normalized spacial score (nSPS) is 13.3. The highest BCUT2D eigenvalue weighted by atomic mass is 32.1. The zero-order valence-electron chi connectivity index (χ0n) is 15.1. The van der Waals surface area contributed by atoms with E-state index < -0.39 is 0 Å². The van der Waals surface area contributed by atoms with Crippen molar-refractivity contribution in [2.45, 2.75) is 19.9 Å². The van der Waals surface area contributed by atoms with E-state index in [1.54, 1.807) is 29.5 Å². The van der Waals surface area contributed by atoms with Gasteiger partial charge in [-0.1, -0.05) is 24.3 Å². The van der Waals surface area contributed by atoms with Gasteiger partial charge in [-0.3, -0.25) is 9.59 Å². The average molecular weight is 368 g/mol. The molecule has 1 aromatic heterocycles. The van der Waals surface area contributed by atoms with E-state index in [0.29, 0.717) is 17.8 Å². The van der Waals surface area contributed by atoms with E-state index in [4.69, 9.17) is 0 Å². The number of rotatable bonds is 6. The molecule has 3 rings (SSSR count). The van der Waals surface area contributed by atoms with Gasteiger partial charge in [0.1, 0.15) is 6.04 Å². The molecule has 0 aliphatic carbocycles. The summed E-state index contributed by atoms with van der Waals surface area (Å²) in [6, 6.07) is 15.2. The predicted molar refractivity (Wildman–Crippen MR) is 105 cm³/mol. The van der Waals surface area contributed by atoms with Crippen LogP contribution in [-0.2, 0) is 4.79 Å². The molecule has 0 aliphatic heterocycles. The van der Waals surface area contributed by atoms with E-state index in [1.807, 2.05) is 31.3 Å². The molecule has 0 saturated heterocycles. The second-order valence-electron chi connectivity index (χ2n) is 6.41. The standard InChI is InChI=1S/C20H21N3O2S/c1-13(20-22-17-10-6-7-11-18(17)26-20)23(3)12-19(25)21-16-9-5-4-8-15(16)14(2)24/h4-11,13H,12H2,1-3H3,(H,21,25)/p+1/t13-/m1/s1. The predicted octanol–water partition coefficient (Wildman–Crippen LogP) is 2.71. The summed E-state index contributed by atoms with van der Waals surface area (Å²) in [7, 11) is 1.98. The summed E-state index contributed by atoms with van der Waals surface area (Å²) < 4.78 is 1.15. The molecule has 26 heavy (non-hydrogen) atoms. The molecule has 1 unspecified atom stereocenters. The number of carbonyl (C=O) groups is 2. The van der Waals surface area contributed by atoms with E-state index in [2.05, 4.69) is 23.3 Å². The summed E-state index contributed by atoms with van der Waals surface area (Å²) in [4.78, 5) is 29.9. The maximum absolute atomic E-state index is 12.4. The number of fused-ring (bicyclic) bond motifs is 1. The Morgan fingerprint density at radius 2 is 1.85 bits per heavy atom. The van der Waals surface area contributed by atoms with Crippen LogP contribution in [0.25, 0.3) is 10.2 Å². The van der Waals surface area contributed by atoms with Crippen molar-refractivity contribution in [2.24, 2.45) is 0 Å². The Balaban J connectivity index is 1.68. The van der Waals surface area contributed by atoms with Crippen molar-refractivity contribution >= 4 is 38.9 Å². The number of benzene rings is 2. The van der Waals surface area contributed by atoms with Crippen molar-refractivity contribution in [1.82, 2.24) is 4.98 Å². The van der Waals surface area contributed by atoms with Crippen molar-refractivity contribution in [3.05, 3.63) is 59.1 Å². The minimum atomic E-state index is -0.121. The molecule has 0 saturated carbocycles. The van der Waals surface area contributed by atoms with Gasteiger partial charge in [-0.2, -0.15) is 0 Å². The summed E-state index contributed by atoms with van der Waals surface area (Å²) in [5.41, 5.74) is 2.08. The van der Waals surface area contributed by atoms with Crippen LogP contribution in [0.4, 0.5) is 5.69 Å². The van der Waals surface area contributed by atoms with Crippen molar-refractivity contribution in [3.63, 3.8) is 0 Å². The van der Waals surface area contributed by atoms with Crippen molar-refractivity contribution in [3.8, 4) is 0 Å². The Bertz CT molecular complexity index is 918. The third kappa shape index (κ3) is 3.98. The van der Waals surface area contributed by atoms with Crippen LogP contribution in [0.15, 0.2) is 48.5 Å². The first kappa shape index (κ1) is 18.2. The Kier molecular flexibility index (Phi) is 5.44. The van der Waals surface area contributed by atoms with Gasteiger partial charge in [0.2, 0.25) is 0 Å². The van der Waals surface area contributed by atoms with Gasteiger partial charge >= 0.3 is 0 Å².